The van der Waals surface area contributed by atoms with E-state index in [4.69, 9.17) is 0 Å². The monoisotopic (exact) mass is 326 g/mol. The Kier molecular flexibility index (Phi) is 5.07. The number of thioether (sulfide) groups is 1. The van der Waals surface area contributed by atoms with E-state index in [1.807, 2.05) is 18.2 Å². The van der Waals surface area contributed by atoms with Gasteiger partial charge < -0.3 is 4.90 Å². The van der Waals surface area contributed by atoms with Crippen LogP contribution in [0.4, 0.5) is 18.9 Å². The van der Waals surface area contributed by atoms with Gasteiger partial charge in [0.1, 0.15) is 0 Å². The summed E-state index contributed by atoms with van der Waals surface area (Å²) >= 11 is 1.10. The van der Waals surface area contributed by atoms with Crippen molar-refractivity contribution >= 4 is 23.4 Å². The highest BCUT2D eigenvalue weighted by molar-refractivity contribution is 7.99. The van der Waals surface area contributed by atoms with E-state index in [2.05, 4.69) is 4.98 Å². The summed E-state index contributed by atoms with van der Waals surface area (Å²) in [5, 5.41) is 0.378. The van der Waals surface area contributed by atoms with Crippen LogP contribution in [0.3, 0.4) is 0 Å². The van der Waals surface area contributed by atoms with Crippen molar-refractivity contribution in [1.82, 2.24) is 4.98 Å². The quantitative estimate of drug-likeness (QED) is 0.800. The van der Waals surface area contributed by atoms with Gasteiger partial charge in [0.25, 0.3) is 0 Å². The van der Waals surface area contributed by atoms with E-state index in [0.717, 1.165) is 29.7 Å². The van der Waals surface area contributed by atoms with E-state index in [9.17, 15) is 18.0 Å². The topological polar surface area (TPSA) is 33.2 Å². The standard InChI is InChI=1S/C15H13F3N2OS/c1-20(12-5-3-2-4-6-12)14(21)10-22-13-8-7-11(9-19-13)15(16,17)18/h2-9H,10H2,1H3. The van der Waals surface area contributed by atoms with Crippen LogP contribution >= 0.6 is 11.8 Å². The molecule has 0 aliphatic carbocycles. The van der Waals surface area contributed by atoms with Crippen molar-refractivity contribution in [3.8, 4) is 0 Å². The Labute approximate surface area is 130 Å². The molecule has 0 spiro atoms. The number of anilines is 1. The predicted octanol–water partition coefficient (Wildman–Crippen LogP) is 3.86. The number of benzene rings is 1. The van der Waals surface area contributed by atoms with E-state index in [1.165, 1.54) is 11.0 Å². The second-order valence-corrected chi connectivity index (χ2v) is 5.46. The van der Waals surface area contributed by atoms with Crippen molar-refractivity contribution in [2.45, 2.75) is 11.2 Å². The molecule has 1 amide bonds. The van der Waals surface area contributed by atoms with Gasteiger partial charge in [-0.1, -0.05) is 30.0 Å². The average Bonchev–Trinajstić information content (AvgIpc) is 2.52. The molecule has 0 atom stereocenters. The predicted molar refractivity (Wildman–Crippen MR) is 79.8 cm³/mol. The van der Waals surface area contributed by atoms with Gasteiger partial charge in [0.15, 0.2) is 0 Å². The molecule has 1 aromatic heterocycles. The Morgan fingerprint density at radius 1 is 1.18 bits per heavy atom. The fraction of sp³-hybridized carbons (Fsp3) is 0.200. The van der Waals surface area contributed by atoms with Crippen LogP contribution in [0.25, 0.3) is 0 Å². The van der Waals surface area contributed by atoms with Gasteiger partial charge in [-0.2, -0.15) is 13.2 Å². The number of carbonyl (C=O) groups is 1. The fourth-order valence-corrected chi connectivity index (χ4v) is 2.42. The maximum atomic E-state index is 12.4. The molecule has 0 aliphatic rings. The Hall–Kier alpha value is -2.02. The highest BCUT2D eigenvalue weighted by atomic mass is 32.2. The molecule has 7 heteroatoms. The first kappa shape index (κ1) is 16.4. The Balaban J connectivity index is 1.94. The molecule has 1 heterocycles. The van der Waals surface area contributed by atoms with Crippen molar-refractivity contribution in [1.29, 1.82) is 0 Å². The van der Waals surface area contributed by atoms with Crippen molar-refractivity contribution in [3.05, 3.63) is 54.2 Å². The summed E-state index contributed by atoms with van der Waals surface area (Å²) in [6.07, 6.45) is -3.63. The van der Waals surface area contributed by atoms with Gasteiger partial charge in [0.2, 0.25) is 5.91 Å². The average molecular weight is 326 g/mol. The number of alkyl halides is 3. The summed E-state index contributed by atoms with van der Waals surface area (Å²) in [6, 6.07) is 11.3. The zero-order chi connectivity index (χ0) is 16.2. The third-order valence-corrected chi connectivity index (χ3v) is 3.85. The summed E-state index contributed by atoms with van der Waals surface area (Å²) in [6.45, 7) is 0. The highest BCUT2D eigenvalue weighted by Gasteiger charge is 2.30. The lowest BCUT2D eigenvalue weighted by Gasteiger charge is -2.16. The number of rotatable bonds is 4. The molecule has 2 rings (SSSR count). The molecule has 0 aliphatic heterocycles. The first-order valence-electron chi connectivity index (χ1n) is 6.35. The van der Waals surface area contributed by atoms with Crippen LogP contribution in [0.5, 0.6) is 0 Å². The number of hydrogen-bond acceptors (Lipinski definition) is 3. The third kappa shape index (κ3) is 4.24. The molecule has 0 saturated heterocycles. The van der Waals surface area contributed by atoms with Crippen molar-refractivity contribution in [3.63, 3.8) is 0 Å². The van der Waals surface area contributed by atoms with Crippen molar-refractivity contribution < 1.29 is 18.0 Å². The van der Waals surface area contributed by atoms with E-state index in [0.29, 0.717) is 5.03 Å². The van der Waals surface area contributed by atoms with Crippen molar-refractivity contribution in [2.75, 3.05) is 17.7 Å². The molecule has 0 radical (unpaired) electrons. The minimum atomic E-state index is -4.40. The zero-order valence-corrected chi connectivity index (χ0v) is 12.5. The van der Waals surface area contributed by atoms with Gasteiger partial charge in [-0.25, -0.2) is 4.98 Å². The fourth-order valence-electron chi connectivity index (χ4n) is 1.66. The number of halogens is 3. The zero-order valence-electron chi connectivity index (χ0n) is 11.7. The summed E-state index contributed by atoms with van der Waals surface area (Å²) in [5.74, 6) is -0.0538. The van der Waals surface area contributed by atoms with Crippen LogP contribution in [-0.2, 0) is 11.0 Å². The SMILES string of the molecule is CN(C(=O)CSc1ccc(C(F)(F)F)cn1)c1ccccc1. The van der Waals surface area contributed by atoms with Gasteiger partial charge in [0.05, 0.1) is 16.3 Å². The second-order valence-electron chi connectivity index (χ2n) is 4.46. The Morgan fingerprint density at radius 2 is 1.86 bits per heavy atom. The Morgan fingerprint density at radius 3 is 2.41 bits per heavy atom. The molecule has 22 heavy (non-hydrogen) atoms. The van der Waals surface area contributed by atoms with Gasteiger partial charge in [0, 0.05) is 18.9 Å². The summed E-state index contributed by atoms with van der Waals surface area (Å²) in [7, 11) is 1.65. The minimum absolute atomic E-state index is 0.101. The maximum Gasteiger partial charge on any atom is 0.417 e. The van der Waals surface area contributed by atoms with Crippen LogP contribution in [0.2, 0.25) is 0 Å². The van der Waals surface area contributed by atoms with Crippen LogP contribution < -0.4 is 4.90 Å². The molecule has 2 aromatic rings. The molecule has 0 N–H and O–H groups in total. The summed E-state index contributed by atoms with van der Waals surface area (Å²) in [5.41, 5.74) is -0.0435. The molecular formula is C15H13F3N2OS. The van der Waals surface area contributed by atoms with E-state index >= 15 is 0 Å². The molecule has 0 fully saturated rings. The van der Waals surface area contributed by atoms with Crippen LogP contribution in [0, 0.1) is 0 Å². The lowest BCUT2D eigenvalue weighted by molar-refractivity contribution is -0.137. The van der Waals surface area contributed by atoms with E-state index in [-0.39, 0.29) is 11.7 Å². The highest BCUT2D eigenvalue weighted by Crippen LogP contribution is 2.29. The lowest BCUT2D eigenvalue weighted by atomic mass is 10.3. The van der Waals surface area contributed by atoms with E-state index in [1.54, 1.807) is 19.2 Å². The third-order valence-electron chi connectivity index (χ3n) is 2.92. The normalized spacial score (nSPS) is 11.3. The first-order chi connectivity index (χ1) is 10.4. The minimum Gasteiger partial charge on any atom is -0.315 e. The molecule has 0 unspecified atom stereocenters. The number of carbonyl (C=O) groups excluding carboxylic acids is 1. The molecule has 0 saturated carbocycles. The summed E-state index contributed by atoms with van der Waals surface area (Å²) < 4.78 is 37.3. The Bertz CT molecular complexity index is 629. The van der Waals surface area contributed by atoms with Gasteiger partial charge >= 0.3 is 6.18 Å². The lowest BCUT2D eigenvalue weighted by Crippen LogP contribution is -2.27. The van der Waals surface area contributed by atoms with Gasteiger partial charge in [-0.05, 0) is 24.3 Å². The number of nitrogens with zero attached hydrogens (tertiary/aromatic N) is 2. The van der Waals surface area contributed by atoms with Crippen molar-refractivity contribution in [2.24, 2.45) is 0 Å². The molecular weight excluding hydrogens is 313 g/mol. The smallest absolute Gasteiger partial charge is 0.315 e. The van der Waals surface area contributed by atoms with Crippen LogP contribution in [-0.4, -0.2) is 23.7 Å². The van der Waals surface area contributed by atoms with Gasteiger partial charge in [-0.15, -0.1) is 0 Å². The number of aromatic nitrogens is 1. The molecule has 1 aromatic carbocycles. The summed E-state index contributed by atoms with van der Waals surface area (Å²) in [4.78, 5) is 17.3. The number of pyridine rings is 1. The molecule has 0 bridgehead atoms. The van der Waals surface area contributed by atoms with Gasteiger partial charge in [-0.3, -0.25) is 4.79 Å². The van der Waals surface area contributed by atoms with E-state index < -0.39 is 11.7 Å². The molecule has 116 valence electrons. The maximum absolute atomic E-state index is 12.4. The number of para-hydroxylation sites is 1. The molecule has 3 nitrogen and oxygen atoms in total. The first-order valence-corrected chi connectivity index (χ1v) is 7.34. The van der Waals surface area contributed by atoms with Crippen LogP contribution in [0.15, 0.2) is 53.7 Å². The number of amides is 1. The largest absolute Gasteiger partial charge is 0.417 e. The second kappa shape index (κ2) is 6.83. The number of hydrogen-bond donors (Lipinski definition) is 0. The van der Waals surface area contributed by atoms with Crippen LogP contribution in [0.1, 0.15) is 5.56 Å².